The summed E-state index contributed by atoms with van der Waals surface area (Å²) in [6, 6.07) is 7.91. The molecule has 1 atom stereocenters. The van der Waals surface area contributed by atoms with Gasteiger partial charge in [-0.3, -0.25) is 24.1 Å². The van der Waals surface area contributed by atoms with Crippen molar-refractivity contribution in [2.75, 3.05) is 6.54 Å². The van der Waals surface area contributed by atoms with E-state index >= 15 is 0 Å². The van der Waals surface area contributed by atoms with Crippen LogP contribution in [0, 0.1) is 0 Å². The van der Waals surface area contributed by atoms with Crippen molar-refractivity contribution in [1.29, 1.82) is 0 Å². The Labute approximate surface area is 136 Å². The Balaban J connectivity index is 2.06. The summed E-state index contributed by atoms with van der Waals surface area (Å²) in [4.78, 5) is 47.5. The van der Waals surface area contributed by atoms with E-state index in [0.29, 0.717) is 0 Å². The molecular weight excluding hydrogens is 320 g/mol. The fraction of sp³-hybridized carbons (Fsp3) is 0.200. The standard InChI is InChI=1S/C15H14N2O5S/c1-9(14(20)21)16-12(18)8-17-13(19)11(23-15(17)22)7-10-5-3-2-4-6-10/h2-7,9H,8H2,1H3,(H,16,18)(H,20,21)/b11-7+. The monoisotopic (exact) mass is 334 g/mol. The van der Waals surface area contributed by atoms with Gasteiger partial charge in [0, 0.05) is 0 Å². The minimum atomic E-state index is -1.20. The lowest BCUT2D eigenvalue weighted by atomic mass is 10.2. The molecule has 2 N–H and O–H groups in total. The minimum Gasteiger partial charge on any atom is -0.480 e. The molecule has 0 aromatic heterocycles. The first-order valence-corrected chi connectivity index (χ1v) is 7.52. The molecule has 1 aromatic rings. The number of nitrogens with zero attached hydrogens (tertiary/aromatic N) is 1. The third kappa shape index (κ3) is 4.19. The first kappa shape index (κ1) is 16.8. The second-order valence-electron chi connectivity index (χ2n) is 4.81. The molecule has 7 nitrogen and oxygen atoms in total. The van der Waals surface area contributed by atoms with Crippen LogP contribution in [-0.4, -0.2) is 45.6 Å². The molecule has 23 heavy (non-hydrogen) atoms. The predicted octanol–water partition coefficient (Wildman–Crippen LogP) is 1.31. The number of carboxylic acids is 1. The number of imide groups is 1. The van der Waals surface area contributed by atoms with Crippen LogP contribution in [0.5, 0.6) is 0 Å². The summed E-state index contributed by atoms with van der Waals surface area (Å²) in [6.07, 6.45) is 1.57. The lowest BCUT2D eigenvalue weighted by molar-refractivity contribution is -0.141. The van der Waals surface area contributed by atoms with Crippen LogP contribution in [0.4, 0.5) is 4.79 Å². The van der Waals surface area contributed by atoms with E-state index in [4.69, 9.17) is 5.11 Å². The molecule has 120 valence electrons. The number of benzene rings is 1. The smallest absolute Gasteiger partial charge is 0.325 e. The number of carbonyl (C=O) groups is 4. The number of hydrogen-bond acceptors (Lipinski definition) is 5. The van der Waals surface area contributed by atoms with Gasteiger partial charge in [-0.2, -0.15) is 0 Å². The number of rotatable bonds is 5. The van der Waals surface area contributed by atoms with Gasteiger partial charge in [-0.15, -0.1) is 0 Å². The van der Waals surface area contributed by atoms with Crippen molar-refractivity contribution in [3.8, 4) is 0 Å². The zero-order valence-electron chi connectivity index (χ0n) is 12.2. The molecule has 1 unspecified atom stereocenters. The highest BCUT2D eigenvalue weighted by Crippen LogP contribution is 2.31. The molecule has 0 spiro atoms. The summed E-state index contributed by atoms with van der Waals surface area (Å²) in [5.74, 6) is -2.47. The maximum absolute atomic E-state index is 12.2. The first-order chi connectivity index (χ1) is 10.9. The molecule has 1 aromatic carbocycles. The van der Waals surface area contributed by atoms with Crippen LogP contribution >= 0.6 is 11.8 Å². The summed E-state index contributed by atoms with van der Waals surface area (Å²) in [5.41, 5.74) is 0.766. The topological polar surface area (TPSA) is 104 Å². The average molecular weight is 334 g/mol. The summed E-state index contributed by atoms with van der Waals surface area (Å²) in [6.45, 7) is 0.789. The van der Waals surface area contributed by atoms with E-state index in [9.17, 15) is 19.2 Å². The van der Waals surface area contributed by atoms with Crippen molar-refractivity contribution in [1.82, 2.24) is 10.2 Å². The van der Waals surface area contributed by atoms with Crippen molar-refractivity contribution < 1.29 is 24.3 Å². The van der Waals surface area contributed by atoms with Crippen molar-refractivity contribution in [2.24, 2.45) is 0 Å². The zero-order chi connectivity index (χ0) is 17.0. The summed E-state index contributed by atoms with van der Waals surface area (Å²) < 4.78 is 0. The van der Waals surface area contributed by atoms with Gasteiger partial charge in [-0.1, -0.05) is 30.3 Å². The van der Waals surface area contributed by atoms with Gasteiger partial charge in [0.25, 0.3) is 11.1 Å². The zero-order valence-corrected chi connectivity index (χ0v) is 13.0. The molecule has 1 saturated heterocycles. The molecule has 1 aliphatic rings. The van der Waals surface area contributed by atoms with Crippen LogP contribution in [0.3, 0.4) is 0 Å². The molecule has 3 amide bonds. The largest absolute Gasteiger partial charge is 0.480 e. The van der Waals surface area contributed by atoms with E-state index in [1.54, 1.807) is 30.3 Å². The van der Waals surface area contributed by atoms with E-state index in [2.05, 4.69) is 5.32 Å². The maximum atomic E-state index is 12.2. The number of amides is 3. The lowest BCUT2D eigenvalue weighted by Crippen LogP contribution is -2.45. The van der Waals surface area contributed by atoms with E-state index < -0.39 is 35.6 Å². The van der Waals surface area contributed by atoms with Crippen LogP contribution < -0.4 is 5.32 Å². The SMILES string of the molecule is CC(NC(=O)CN1C(=O)S/C(=C/c2ccccc2)C1=O)C(=O)O. The minimum absolute atomic E-state index is 0.222. The van der Waals surface area contributed by atoms with Crippen LogP contribution in [0.1, 0.15) is 12.5 Å². The number of thioether (sulfide) groups is 1. The van der Waals surface area contributed by atoms with Crippen LogP contribution in [0.2, 0.25) is 0 Å². The van der Waals surface area contributed by atoms with Gasteiger partial charge in [0.1, 0.15) is 12.6 Å². The highest BCUT2D eigenvalue weighted by molar-refractivity contribution is 8.18. The van der Waals surface area contributed by atoms with Crippen molar-refractivity contribution >= 4 is 40.9 Å². The fourth-order valence-corrected chi connectivity index (χ4v) is 2.67. The van der Waals surface area contributed by atoms with Crippen molar-refractivity contribution in [3.63, 3.8) is 0 Å². The van der Waals surface area contributed by atoms with Crippen molar-refractivity contribution in [2.45, 2.75) is 13.0 Å². The number of aliphatic carboxylic acids is 1. The highest BCUT2D eigenvalue weighted by atomic mass is 32.2. The second-order valence-corrected chi connectivity index (χ2v) is 5.80. The quantitative estimate of drug-likeness (QED) is 0.787. The number of hydrogen-bond donors (Lipinski definition) is 2. The van der Waals surface area contributed by atoms with E-state index in [1.165, 1.54) is 6.92 Å². The molecule has 1 heterocycles. The molecule has 1 fully saturated rings. The highest BCUT2D eigenvalue weighted by Gasteiger charge is 2.36. The average Bonchev–Trinajstić information content (AvgIpc) is 2.75. The van der Waals surface area contributed by atoms with Crippen molar-refractivity contribution in [3.05, 3.63) is 40.8 Å². The summed E-state index contributed by atoms with van der Waals surface area (Å²) in [7, 11) is 0. The number of nitrogens with one attached hydrogen (secondary N) is 1. The predicted molar refractivity (Wildman–Crippen MR) is 84.4 cm³/mol. The fourth-order valence-electron chi connectivity index (χ4n) is 1.83. The lowest BCUT2D eigenvalue weighted by Gasteiger charge is -2.14. The molecular formula is C15H14N2O5S. The van der Waals surface area contributed by atoms with Crippen LogP contribution in [-0.2, 0) is 14.4 Å². The van der Waals surface area contributed by atoms with Gasteiger partial charge in [0.2, 0.25) is 5.91 Å². The number of carbonyl (C=O) groups excluding carboxylic acids is 3. The molecule has 2 rings (SSSR count). The molecule has 0 saturated carbocycles. The third-order valence-corrected chi connectivity index (χ3v) is 3.93. The van der Waals surface area contributed by atoms with Gasteiger partial charge in [0.15, 0.2) is 0 Å². The van der Waals surface area contributed by atoms with Gasteiger partial charge in [0.05, 0.1) is 4.91 Å². The Morgan fingerprint density at radius 2 is 1.96 bits per heavy atom. The van der Waals surface area contributed by atoms with Crippen LogP contribution in [0.25, 0.3) is 6.08 Å². The van der Waals surface area contributed by atoms with E-state index in [-0.39, 0.29) is 4.91 Å². The van der Waals surface area contributed by atoms with E-state index in [1.807, 2.05) is 6.07 Å². The van der Waals surface area contributed by atoms with Gasteiger partial charge >= 0.3 is 5.97 Å². The van der Waals surface area contributed by atoms with Gasteiger partial charge in [-0.05, 0) is 30.3 Å². The Kier molecular flexibility index (Phi) is 5.17. The Bertz CT molecular complexity index is 686. The normalized spacial score (nSPS) is 17.4. The molecule has 0 radical (unpaired) electrons. The van der Waals surface area contributed by atoms with Gasteiger partial charge < -0.3 is 10.4 Å². The van der Waals surface area contributed by atoms with Crippen LogP contribution in [0.15, 0.2) is 35.2 Å². The number of carboxylic acid groups (broad SMARTS) is 1. The van der Waals surface area contributed by atoms with Gasteiger partial charge in [-0.25, -0.2) is 0 Å². The maximum Gasteiger partial charge on any atom is 0.325 e. The summed E-state index contributed by atoms with van der Waals surface area (Å²) in [5, 5.41) is 10.4. The molecule has 0 bridgehead atoms. The Morgan fingerprint density at radius 1 is 1.30 bits per heavy atom. The summed E-state index contributed by atoms with van der Waals surface area (Å²) >= 11 is 0.746. The molecule has 1 aliphatic heterocycles. The second kappa shape index (κ2) is 7.10. The molecule has 8 heteroatoms. The first-order valence-electron chi connectivity index (χ1n) is 6.71. The molecule has 0 aliphatic carbocycles. The van der Waals surface area contributed by atoms with E-state index in [0.717, 1.165) is 22.2 Å². The Hall–Kier alpha value is -2.61. The third-order valence-electron chi connectivity index (χ3n) is 3.02. The Morgan fingerprint density at radius 3 is 2.57 bits per heavy atom.